The van der Waals surface area contributed by atoms with Crippen molar-refractivity contribution in [2.45, 2.75) is 19.8 Å². The molecule has 1 atom stereocenters. The Morgan fingerprint density at radius 2 is 2.00 bits per heavy atom. The van der Waals surface area contributed by atoms with E-state index in [2.05, 4.69) is 16.8 Å². The number of esters is 1. The molecule has 0 aliphatic rings. The molecule has 136 valence electrons. The fourth-order valence-corrected chi connectivity index (χ4v) is 1.97. The number of H-pyrrole nitrogens is 1. The van der Waals surface area contributed by atoms with Gasteiger partial charge in [-0.05, 0) is 5.56 Å². The molecule has 0 saturated heterocycles. The molecule has 0 bridgehead atoms. The number of benzene rings is 1. The average Bonchev–Trinajstić information content (AvgIpc) is 2.62. The molecule has 8 heteroatoms. The van der Waals surface area contributed by atoms with Crippen LogP contribution < -0.4 is 11.2 Å². The largest absolute Gasteiger partial charge is 0.463 e. The number of rotatable bonds is 6. The van der Waals surface area contributed by atoms with Crippen molar-refractivity contribution in [1.29, 1.82) is 0 Å². The van der Waals surface area contributed by atoms with Crippen molar-refractivity contribution in [2.24, 2.45) is 0 Å². The normalized spacial score (nSPS) is 11.3. The zero-order chi connectivity index (χ0) is 18.9. The maximum absolute atomic E-state index is 11.8. The van der Waals surface area contributed by atoms with Crippen LogP contribution in [0.1, 0.15) is 24.2 Å². The second-order valence-corrected chi connectivity index (χ2v) is 5.23. The van der Waals surface area contributed by atoms with Crippen LogP contribution in [0.4, 0.5) is 0 Å². The van der Waals surface area contributed by atoms with Gasteiger partial charge >= 0.3 is 11.7 Å². The smallest absolute Gasteiger partial charge is 0.330 e. The Balaban J connectivity index is 2.08. The molecule has 0 spiro atoms. The molecular weight excluding hydrogens is 340 g/mol. The zero-order valence-electron chi connectivity index (χ0n) is 14.1. The number of aromatic amines is 1. The van der Waals surface area contributed by atoms with E-state index in [4.69, 9.17) is 9.47 Å². The Hall–Kier alpha value is -3.15. The van der Waals surface area contributed by atoms with E-state index < -0.39 is 23.3 Å². The van der Waals surface area contributed by atoms with Gasteiger partial charge < -0.3 is 14.6 Å². The van der Waals surface area contributed by atoms with Gasteiger partial charge in [0.25, 0.3) is 5.56 Å². The van der Waals surface area contributed by atoms with E-state index in [0.29, 0.717) is 5.56 Å². The third kappa shape index (κ3) is 5.73. The summed E-state index contributed by atoms with van der Waals surface area (Å²) < 4.78 is 11.0. The van der Waals surface area contributed by atoms with Gasteiger partial charge in [-0.2, -0.15) is 0 Å². The monoisotopic (exact) mass is 358 g/mol. The molecule has 1 aromatic heterocycles. The maximum atomic E-state index is 11.8. The van der Waals surface area contributed by atoms with Crippen LogP contribution in [0.5, 0.6) is 0 Å². The lowest BCUT2D eigenvalue weighted by Gasteiger charge is -2.07. The summed E-state index contributed by atoms with van der Waals surface area (Å²) in [6.45, 7) is 1.29. The minimum absolute atomic E-state index is 0.0168. The summed E-state index contributed by atoms with van der Waals surface area (Å²) in [4.78, 5) is 36.4. The number of carbonyl (C=O) groups excluding carboxylic acids is 1. The molecule has 1 aromatic carbocycles. The molecule has 0 radical (unpaired) electrons. The van der Waals surface area contributed by atoms with Gasteiger partial charge in [-0.3, -0.25) is 19.1 Å². The molecule has 1 heterocycles. The van der Waals surface area contributed by atoms with E-state index in [9.17, 15) is 19.5 Å². The quantitative estimate of drug-likeness (QED) is 0.432. The molecule has 0 aliphatic carbocycles. The highest BCUT2D eigenvalue weighted by atomic mass is 16.6. The van der Waals surface area contributed by atoms with Gasteiger partial charge in [-0.1, -0.05) is 42.2 Å². The van der Waals surface area contributed by atoms with Crippen molar-refractivity contribution in [3.05, 3.63) is 68.5 Å². The molecule has 1 unspecified atom stereocenters. The van der Waals surface area contributed by atoms with Gasteiger partial charge in [-0.15, -0.1) is 0 Å². The van der Waals surface area contributed by atoms with Gasteiger partial charge in [0.1, 0.15) is 25.0 Å². The molecule has 0 aliphatic heterocycles. The van der Waals surface area contributed by atoms with Crippen LogP contribution in [-0.2, 0) is 21.0 Å². The standard InChI is InChI=1S/C18H18N2O6/c1-13(21)26-10-9-25-12-20-11-15(17(23)19-18(20)24)7-8-16(22)14-5-3-2-4-6-14/h2-6,11,16,22H,9-10,12H2,1H3,(H,19,23,24). The topological polar surface area (TPSA) is 111 Å². The van der Waals surface area contributed by atoms with Crippen molar-refractivity contribution in [3.8, 4) is 11.8 Å². The van der Waals surface area contributed by atoms with Gasteiger partial charge in [0.05, 0.1) is 6.61 Å². The molecule has 26 heavy (non-hydrogen) atoms. The maximum Gasteiger partial charge on any atom is 0.330 e. The number of ether oxygens (including phenoxy) is 2. The molecule has 2 rings (SSSR count). The molecular formula is C18H18N2O6. The number of hydrogen-bond donors (Lipinski definition) is 2. The summed E-state index contributed by atoms with van der Waals surface area (Å²) in [5.74, 6) is 4.70. The number of aromatic nitrogens is 2. The van der Waals surface area contributed by atoms with Crippen LogP contribution >= 0.6 is 0 Å². The number of nitrogens with zero attached hydrogens (tertiary/aromatic N) is 1. The number of hydrogen-bond acceptors (Lipinski definition) is 6. The fraction of sp³-hybridized carbons (Fsp3) is 0.278. The van der Waals surface area contributed by atoms with E-state index in [0.717, 1.165) is 4.57 Å². The Kier molecular flexibility index (Phi) is 6.91. The Morgan fingerprint density at radius 1 is 1.27 bits per heavy atom. The van der Waals surface area contributed by atoms with Crippen molar-refractivity contribution >= 4 is 5.97 Å². The van der Waals surface area contributed by atoms with Crippen LogP contribution in [0.15, 0.2) is 46.1 Å². The molecule has 2 aromatic rings. The van der Waals surface area contributed by atoms with E-state index in [-0.39, 0.29) is 25.5 Å². The summed E-state index contributed by atoms with van der Waals surface area (Å²) in [5, 5.41) is 10.0. The lowest BCUT2D eigenvalue weighted by atomic mass is 10.1. The predicted octanol–water partition coefficient (Wildman–Crippen LogP) is 0.159. The third-order valence-corrected chi connectivity index (χ3v) is 3.23. The van der Waals surface area contributed by atoms with Gasteiger partial charge in [-0.25, -0.2) is 4.79 Å². The van der Waals surface area contributed by atoms with Crippen molar-refractivity contribution in [2.75, 3.05) is 13.2 Å². The Bertz CT molecular complexity index is 920. The van der Waals surface area contributed by atoms with Gasteiger partial charge in [0.2, 0.25) is 0 Å². The van der Waals surface area contributed by atoms with E-state index in [1.807, 2.05) is 6.07 Å². The van der Waals surface area contributed by atoms with Gasteiger partial charge in [0, 0.05) is 13.1 Å². The fourth-order valence-electron chi connectivity index (χ4n) is 1.97. The SMILES string of the molecule is CC(=O)OCCOCn1cc(C#CC(O)c2ccccc2)c(=O)[nH]c1=O. The minimum atomic E-state index is -1.06. The first kappa shape index (κ1) is 19.2. The summed E-state index contributed by atoms with van der Waals surface area (Å²) in [6.07, 6.45) is 0.188. The molecule has 0 amide bonds. The van der Waals surface area contributed by atoms with E-state index in [1.165, 1.54) is 13.1 Å². The number of carbonyl (C=O) groups is 1. The highest BCUT2D eigenvalue weighted by Gasteiger charge is 2.05. The minimum Gasteiger partial charge on any atom is -0.463 e. The second kappa shape index (κ2) is 9.36. The Morgan fingerprint density at radius 3 is 2.69 bits per heavy atom. The molecule has 0 fully saturated rings. The lowest BCUT2D eigenvalue weighted by Crippen LogP contribution is -2.32. The highest BCUT2D eigenvalue weighted by molar-refractivity contribution is 5.65. The average molecular weight is 358 g/mol. The van der Waals surface area contributed by atoms with Crippen LogP contribution in [0.3, 0.4) is 0 Å². The summed E-state index contributed by atoms with van der Waals surface area (Å²) >= 11 is 0. The lowest BCUT2D eigenvalue weighted by molar-refractivity contribution is -0.142. The third-order valence-electron chi connectivity index (χ3n) is 3.23. The first-order valence-corrected chi connectivity index (χ1v) is 7.77. The first-order valence-electron chi connectivity index (χ1n) is 7.77. The van der Waals surface area contributed by atoms with Gasteiger partial charge in [0.15, 0.2) is 0 Å². The molecule has 2 N–H and O–H groups in total. The van der Waals surface area contributed by atoms with Crippen molar-refractivity contribution in [3.63, 3.8) is 0 Å². The summed E-state index contributed by atoms with van der Waals surface area (Å²) in [5.41, 5.74) is -0.697. The van der Waals surface area contributed by atoms with Crippen LogP contribution in [0, 0.1) is 11.8 Å². The number of nitrogens with one attached hydrogen (secondary N) is 1. The molecule has 0 saturated carbocycles. The summed E-state index contributed by atoms with van der Waals surface area (Å²) in [7, 11) is 0. The molecule has 8 nitrogen and oxygen atoms in total. The second-order valence-electron chi connectivity index (χ2n) is 5.23. The zero-order valence-corrected chi connectivity index (χ0v) is 14.1. The van der Waals surface area contributed by atoms with E-state index >= 15 is 0 Å². The van der Waals surface area contributed by atoms with E-state index in [1.54, 1.807) is 24.3 Å². The van der Waals surface area contributed by atoms with Crippen LogP contribution in [0.2, 0.25) is 0 Å². The highest BCUT2D eigenvalue weighted by Crippen LogP contribution is 2.10. The summed E-state index contributed by atoms with van der Waals surface area (Å²) in [6, 6.07) is 8.76. The number of aliphatic hydroxyl groups excluding tert-OH is 1. The predicted molar refractivity (Wildman–Crippen MR) is 92.2 cm³/mol. The first-order chi connectivity index (χ1) is 12.5. The van der Waals surface area contributed by atoms with Crippen LogP contribution in [-0.4, -0.2) is 33.8 Å². The number of aliphatic hydroxyl groups is 1. The van der Waals surface area contributed by atoms with Crippen molar-refractivity contribution < 1.29 is 19.4 Å². The van der Waals surface area contributed by atoms with Crippen LogP contribution in [0.25, 0.3) is 0 Å². The Labute approximate surface area is 149 Å². The van der Waals surface area contributed by atoms with Crippen molar-refractivity contribution in [1.82, 2.24) is 9.55 Å².